The Kier molecular flexibility index (Phi) is 4.52. The molecule has 0 radical (unpaired) electrons. The Morgan fingerprint density at radius 1 is 1.44 bits per heavy atom. The zero-order valence-electron chi connectivity index (χ0n) is 8.85. The van der Waals surface area contributed by atoms with Crippen LogP contribution in [0.4, 0.5) is 5.82 Å². The van der Waals surface area contributed by atoms with Crippen molar-refractivity contribution >= 4 is 24.1 Å². The van der Waals surface area contributed by atoms with E-state index < -0.39 is 0 Å². The minimum absolute atomic E-state index is 0. The fourth-order valence-corrected chi connectivity index (χ4v) is 1.63. The predicted octanol–water partition coefficient (Wildman–Crippen LogP) is 0.624. The van der Waals surface area contributed by atoms with Crippen LogP contribution < -0.4 is 10.6 Å². The lowest BCUT2D eigenvalue weighted by Gasteiger charge is -2.29. The largest absolute Gasteiger partial charge is 0.384 e. The maximum Gasteiger partial charge on any atom is 0.139 e. The molecule has 0 unspecified atom stereocenters. The van der Waals surface area contributed by atoms with Gasteiger partial charge in [0, 0.05) is 19.3 Å². The zero-order chi connectivity index (χ0) is 10.7. The van der Waals surface area contributed by atoms with Crippen LogP contribution in [0.1, 0.15) is 5.56 Å². The third-order valence-electron chi connectivity index (χ3n) is 2.39. The van der Waals surface area contributed by atoms with E-state index in [9.17, 15) is 0 Å². The Bertz CT molecular complexity index is 366. The minimum atomic E-state index is 0. The first-order valence-electron chi connectivity index (χ1n) is 4.91. The van der Waals surface area contributed by atoms with Crippen LogP contribution in [0.25, 0.3) is 0 Å². The third kappa shape index (κ3) is 2.62. The number of rotatable bonds is 2. The molecule has 0 atom stereocenters. The van der Waals surface area contributed by atoms with Gasteiger partial charge in [0.15, 0.2) is 0 Å². The average molecular weight is 243 g/mol. The molecule has 1 aliphatic heterocycles. The van der Waals surface area contributed by atoms with Gasteiger partial charge in [-0.1, -0.05) is 0 Å². The van der Waals surface area contributed by atoms with Crippen molar-refractivity contribution in [2.45, 2.75) is 0 Å². The molecule has 3 N–H and O–H groups in total. The normalized spacial score (nSPS) is 15.4. The van der Waals surface area contributed by atoms with E-state index in [-0.39, 0.29) is 18.2 Å². The van der Waals surface area contributed by atoms with Gasteiger partial charge in [-0.3, -0.25) is 5.41 Å². The molecular weight excluding hydrogens is 228 g/mol. The molecular formula is C10H15ClN4O. The van der Waals surface area contributed by atoms with Crippen LogP contribution in [0.3, 0.4) is 0 Å². The van der Waals surface area contributed by atoms with Crippen LogP contribution in [0.2, 0.25) is 0 Å². The van der Waals surface area contributed by atoms with Crippen molar-refractivity contribution in [3.8, 4) is 0 Å². The van der Waals surface area contributed by atoms with Gasteiger partial charge in [0.05, 0.1) is 18.8 Å². The van der Waals surface area contributed by atoms with Crippen LogP contribution in [0, 0.1) is 5.41 Å². The first-order valence-corrected chi connectivity index (χ1v) is 4.91. The van der Waals surface area contributed by atoms with Crippen LogP contribution in [-0.2, 0) is 4.74 Å². The molecule has 2 rings (SSSR count). The number of anilines is 1. The fraction of sp³-hybridized carbons (Fsp3) is 0.400. The molecule has 1 aromatic rings. The van der Waals surface area contributed by atoms with Gasteiger partial charge < -0.3 is 15.4 Å². The van der Waals surface area contributed by atoms with E-state index >= 15 is 0 Å². The van der Waals surface area contributed by atoms with E-state index in [0.717, 1.165) is 18.9 Å². The van der Waals surface area contributed by atoms with Crippen LogP contribution >= 0.6 is 12.4 Å². The lowest BCUT2D eigenvalue weighted by atomic mass is 10.2. The second-order valence-electron chi connectivity index (χ2n) is 3.39. The lowest BCUT2D eigenvalue weighted by molar-refractivity contribution is 0.122. The second kappa shape index (κ2) is 5.67. The van der Waals surface area contributed by atoms with Crippen molar-refractivity contribution in [3.63, 3.8) is 0 Å². The van der Waals surface area contributed by atoms with Gasteiger partial charge >= 0.3 is 0 Å². The first kappa shape index (κ1) is 12.7. The molecule has 0 saturated carbocycles. The van der Waals surface area contributed by atoms with E-state index in [1.54, 1.807) is 12.3 Å². The molecule has 16 heavy (non-hydrogen) atoms. The third-order valence-corrected chi connectivity index (χ3v) is 2.39. The SMILES string of the molecule is Cl.N=C(N)c1cccnc1N1CCOCC1. The first-order chi connectivity index (χ1) is 7.29. The highest BCUT2D eigenvalue weighted by atomic mass is 35.5. The molecule has 0 amide bonds. The van der Waals surface area contributed by atoms with Crippen molar-refractivity contribution in [3.05, 3.63) is 23.9 Å². The van der Waals surface area contributed by atoms with E-state index in [1.165, 1.54) is 0 Å². The number of nitrogens with one attached hydrogen (secondary N) is 1. The number of nitrogen functional groups attached to an aromatic ring is 1. The van der Waals surface area contributed by atoms with Crippen molar-refractivity contribution in [1.29, 1.82) is 5.41 Å². The highest BCUT2D eigenvalue weighted by Gasteiger charge is 2.16. The maximum absolute atomic E-state index is 7.47. The van der Waals surface area contributed by atoms with Gasteiger partial charge in [-0.2, -0.15) is 0 Å². The molecule has 6 heteroatoms. The van der Waals surface area contributed by atoms with Crippen molar-refractivity contribution in [1.82, 2.24) is 4.98 Å². The summed E-state index contributed by atoms with van der Waals surface area (Å²) < 4.78 is 5.27. The van der Waals surface area contributed by atoms with Gasteiger partial charge in [-0.25, -0.2) is 4.98 Å². The standard InChI is InChI=1S/C10H14N4O.ClH/c11-9(12)8-2-1-3-13-10(8)14-4-6-15-7-5-14;/h1-3H,4-7H2,(H3,11,12);1H. The molecule has 0 aliphatic carbocycles. The molecule has 0 spiro atoms. The number of pyridine rings is 1. The van der Waals surface area contributed by atoms with Crippen LogP contribution in [0.15, 0.2) is 18.3 Å². The molecule has 1 fully saturated rings. The van der Waals surface area contributed by atoms with Gasteiger partial charge in [0.25, 0.3) is 0 Å². The summed E-state index contributed by atoms with van der Waals surface area (Å²) in [7, 11) is 0. The molecule has 0 bridgehead atoms. The summed E-state index contributed by atoms with van der Waals surface area (Å²) in [4.78, 5) is 6.37. The molecule has 1 saturated heterocycles. The number of hydrogen-bond donors (Lipinski definition) is 2. The monoisotopic (exact) mass is 242 g/mol. The Morgan fingerprint density at radius 3 is 2.75 bits per heavy atom. The maximum atomic E-state index is 7.47. The van der Waals surface area contributed by atoms with E-state index in [0.29, 0.717) is 18.8 Å². The molecule has 1 aromatic heterocycles. The summed E-state index contributed by atoms with van der Waals surface area (Å²) in [6.45, 7) is 3.01. The fourth-order valence-electron chi connectivity index (χ4n) is 1.63. The van der Waals surface area contributed by atoms with E-state index in [2.05, 4.69) is 9.88 Å². The highest BCUT2D eigenvalue weighted by molar-refractivity contribution is 5.99. The number of amidine groups is 1. The van der Waals surface area contributed by atoms with Gasteiger partial charge in [-0.05, 0) is 12.1 Å². The summed E-state index contributed by atoms with van der Waals surface area (Å²) in [5, 5.41) is 7.47. The number of nitrogens with zero attached hydrogens (tertiary/aromatic N) is 2. The smallest absolute Gasteiger partial charge is 0.139 e. The van der Waals surface area contributed by atoms with Gasteiger partial charge in [0.2, 0.25) is 0 Å². The van der Waals surface area contributed by atoms with Crippen LogP contribution in [-0.4, -0.2) is 37.1 Å². The second-order valence-corrected chi connectivity index (χ2v) is 3.39. The molecule has 1 aliphatic rings. The number of ether oxygens (including phenoxy) is 1. The molecule has 88 valence electrons. The van der Waals surface area contributed by atoms with Crippen molar-refractivity contribution < 1.29 is 4.74 Å². The summed E-state index contributed by atoms with van der Waals surface area (Å²) in [5.41, 5.74) is 6.20. The number of morpholine rings is 1. The van der Waals surface area contributed by atoms with Crippen molar-refractivity contribution in [2.75, 3.05) is 31.2 Å². The number of halogens is 1. The highest BCUT2D eigenvalue weighted by Crippen LogP contribution is 2.17. The predicted molar refractivity (Wildman–Crippen MR) is 65.5 cm³/mol. The Morgan fingerprint density at radius 2 is 2.12 bits per heavy atom. The summed E-state index contributed by atoms with van der Waals surface area (Å²) in [5.74, 6) is 0.845. The summed E-state index contributed by atoms with van der Waals surface area (Å²) >= 11 is 0. The average Bonchev–Trinajstić information content (AvgIpc) is 2.30. The van der Waals surface area contributed by atoms with E-state index in [1.807, 2.05) is 6.07 Å². The molecule has 0 aromatic carbocycles. The van der Waals surface area contributed by atoms with Crippen LogP contribution in [0.5, 0.6) is 0 Å². The quantitative estimate of drug-likeness (QED) is 0.589. The zero-order valence-corrected chi connectivity index (χ0v) is 9.67. The molecule has 5 nitrogen and oxygen atoms in total. The number of hydrogen-bond acceptors (Lipinski definition) is 4. The Labute approximate surface area is 101 Å². The Balaban J connectivity index is 0.00000128. The topological polar surface area (TPSA) is 75.2 Å². The summed E-state index contributed by atoms with van der Waals surface area (Å²) in [6.07, 6.45) is 1.72. The minimum Gasteiger partial charge on any atom is -0.384 e. The van der Waals surface area contributed by atoms with E-state index in [4.69, 9.17) is 15.9 Å². The van der Waals surface area contributed by atoms with Gasteiger partial charge in [0.1, 0.15) is 11.7 Å². The lowest BCUT2D eigenvalue weighted by Crippen LogP contribution is -2.38. The van der Waals surface area contributed by atoms with Gasteiger partial charge in [-0.15, -0.1) is 12.4 Å². The number of nitrogens with two attached hydrogens (primary N) is 1. The molecule has 2 heterocycles. The van der Waals surface area contributed by atoms with Crippen molar-refractivity contribution in [2.24, 2.45) is 5.73 Å². The number of aromatic nitrogens is 1. The Hall–Kier alpha value is -1.33. The summed E-state index contributed by atoms with van der Waals surface area (Å²) in [6, 6.07) is 3.61.